The van der Waals surface area contributed by atoms with Gasteiger partial charge in [-0.1, -0.05) is 31.9 Å². The number of carbonyl (C=O) groups excluding carboxylic acids is 1. The van der Waals surface area contributed by atoms with E-state index < -0.39 is 0 Å². The molecule has 2 rings (SSSR count). The van der Waals surface area contributed by atoms with Crippen molar-refractivity contribution in [1.82, 2.24) is 4.90 Å². The molecule has 1 aliphatic carbocycles. The molecule has 2 atom stereocenters. The molecule has 5 heteroatoms. The highest BCUT2D eigenvalue weighted by molar-refractivity contribution is 5.67. The van der Waals surface area contributed by atoms with Crippen molar-refractivity contribution >= 4 is 6.09 Å². The van der Waals surface area contributed by atoms with E-state index in [0.717, 1.165) is 30.7 Å². The van der Waals surface area contributed by atoms with E-state index in [1.807, 2.05) is 13.0 Å². The van der Waals surface area contributed by atoms with E-state index in [2.05, 4.69) is 16.8 Å². The predicted molar refractivity (Wildman–Crippen MR) is 91.0 cm³/mol. The summed E-state index contributed by atoms with van der Waals surface area (Å²) < 4.78 is 5.50. The molecule has 1 aliphatic heterocycles. The molecular formula is C18H27N3O2. The molecule has 0 bridgehead atoms. The summed E-state index contributed by atoms with van der Waals surface area (Å²) in [7, 11) is 3.36. The summed E-state index contributed by atoms with van der Waals surface area (Å²) in [5.74, 6) is 0.279. The molecule has 0 aromatic carbocycles. The first-order chi connectivity index (χ1) is 11.0. The van der Waals surface area contributed by atoms with Crippen LogP contribution < -0.4 is 0 Å². The van der Waals surface area contributed by atoms with Crippen molar-refractivity contribution in [3.63, 3.8) is 0 Å². The Morgan fingerprint density at radius 2 is 2.04 bits per heavy atom. The molecule has 1 fully saturated rings. The van der Waals surface area contributed by atoms with Crippen molar-refractivity contribution in [2.45, 2.75) is 51.6 Å². The third-order valence-electron chi connectivity index (χ3n) is 4.39. The molecule has 1 amide bonds. The van der Waals surface area contributed by atoms with Gasteiger partial charge in [0.1, 0.15) is 11.8 Å². The van der Waals surface area contributed by atoms with Crippen LogP contribution in [0.5, 0.6) is 0 Å². The van der Waals surface area contributed by atoms with Crippen molar-refractivity contribution in [1.29, 1.82) is 0 Å². The SMILES string of the molecule is C=C/C=C1/N=NC(C(C)OC(=O)N(C)C)=C2CCCCCCC21. The van der Waals surface area contributed by atoms with E-state index in [1.165, 1.54) is 29.7 Å². The fourth-order valence-electron chi connectivity index (χ4n) is 3.17. The minimum absolute atomic E-state index is 0.279. The normalized spacial score (nSPS) is 24.5. The zero-order valence-corrected chi connectivity index (χ0v) is 14.4. The van der Waals surface area contributed by atoms with E-state index in [9.17, 15) is 4.79 Å². The van der Waals surface area contributed by atoms with Crippen LogP contribution in [0.15, 0.2) is 45.9 Å². The van der Waals surface area contributed by atoms with Crippen LogP contribution in [0.25, 0.3) is 0 Å². The predicted octanol–water partition coefficient (Wildman–Crippen LogP) is 4.83. The quantitative estimate of drug-likeness (QED) is 0.748. The minimum Gasteiger partial charge on any atom is -0.440 e. The van der Waals surface area contributed by atoms with Gasteiger partial charge in [-0.25, -0.2) is 4.79 Å². The van der Waals surface area contributed by atoms with Gasteiger partial charge in [0.2, 0.25) is 0 Å². The molecule has 1 saturated carbocycles. The molecule has 0 saturated heterocycles. The molecule has 2 unspecified atom stereocenters. The first kappa shape index (κ1) is 17.4. The Bertz CT molecular complexity index is 546. The van der Waals surface area contributed by atoms with Crippen LogP contribution in [-0.4, -0.2) is 31.2 Å². The van der Waals surface area contributed by atoms with Crippen molar-refractivity contribution in [3.8, 4) is 0 Å². The van der Waals surface area contributed by atoms with Gasteiger partial charge < -0.3 is 9.64 Å². The number of amides is 1. The second-order valence-electron chi connectivity index (χ2n) is 6.36. The lowest BCUT2D eigenvalue weighted by atomic mass is 9.82. The summed E-state index contributed by atoms with van der Waals surface area (Å²) >= 11 is 0. The Balaban J connectivity index is 2.30. The standard InChI is InChI=1S/C18H27N3O2/c1-5-10-16-14-11-8-6-7-9-12-15(14)17(20-19-16)13(2)23-18(22)21(3)4/h5,10,13-14H,1,6-9,11-12H2,2-4H3/b16-10+. The van der Waals surface area contributed by atoms with E-state index in [4.69, 9.17) is 4.74 Å². The average Bonchev–Trinajstić information content (AvgIpc) is 2.48. The third kappa shape index (κ3) is 4.30. The highest BCUT2D eigenvalue weighted by Gasteiger charge is 2.30. The molecule has 1 heterocycles. The monoisotopic (exact) mass is 317 g/mol. The number of hydrogen-bond acceptors (Lipinski definition) is 4. The highest BCUT2D eigenvalue weighted by Crippen LogP contribution is 2.40. The van der Waals surface area contributed by atoms with E-state index in [0.29, 0.717) is 0 Å². The van der Waals surface area contributed by atoms with Crippen molar-refractivity contribution in [2.75, 3.05) is 14.1 Å². The molecule has 23 heavy (non-hydrogen) atoms. The molecule has 0 aromatic heterocycles. The summed E-state index contributed by atoms with van der Waals surface area (Å²) in [6.45, 7) is 5.65. The van der Waals surface area contributed by atoms with Gasteiger partial charge in [0, 0.05) is 20.0 Å². The number of azo groups is 1. The topological polar surface area (TPSA) is 54.3 Å². The number of fused-ring (bicyclic) bond motifs is 1. The number of allylic oxidation sites excluding steroid dienone is 3. The molecule has 0 spiro atoms. The van der Waals surface area contributed by atoms with Crippen molar-refractivity contribution in [2.24, 2.45) is 16.1 Å². The zero-order chi connectivity index (χ0) is 16.8. The summed E-state index contributed by atoms with van der Waals surface area (Å²) in [5, 5.41) is 8.77. The number of nitrogens with zero attached hydrogens (tertiary/aromatic N) is 3. The maximum atomic E-state index is 11.8. The number of ether oxygens (including phenoxy) is 1. The minimum atomic E-state index is -0.379. The largest absolute Gasteiger partial charge is 0.440 e. The summed E-state index contributed by atoms with van der Waals surface area (Å²) in [4.78, 5) is 13.3. The van der Waals surface area contributed by atoms with Crippen LogP contribution in [0, 0.1) is 5.92 Å². The van der Waals surface area contributed by atoms with Crippen LogP contribution in [0.4, 0.5) is 4.79 Å². The Hall–Kier alpha value is -1.91. The Morgan fingerprint density at radius 3 is 2.74 bits per heavy atom. The van der Waals surface area contributed by atoms with Crippen molar-refractivity contribution < 1.29 is 9.53 Å². The first-order valence-corrected chi connectivity index (χ1v) is 8.39. The zero-order valence-electron chi connectivity index (χ0n) is 14.4. The van der Waals surface area contributed by atoms with Gasteiger partial charge in [0.05, 0.1) is 5.70 Å². The summed E-state index contributed by atoms with van der Waals surface area (Å²) in [6.07, 6.45) is 9.91. The van der Waals surface area contributed by atoms with Crippen LogP contribution in [0.2, 0.25) is 0 Å². The molecule has 0 radical (unpaired) electrons. The van der Waals surface area contributed by atoms with Gasteiger partial charge in [-0.15, -0.1) is 0 Å². The lowest BCUT2D eigenvalue weighted by Gasteiger charge is -2.29. The third-order valence-corrected chi connectivity index (χ3v) is 4.39. The summed E-state index contributed by atoms with van der Waals surface area (Å²) in [5.41, 5.74) is 3.09. The Kier molecular flexibility index (Phi) is 6.13. The van der Waals surface area contributed by atoms with Gasteiger partial charge >= 0.3 is 6.09 Å². The Labute approximate surface area is 138 Å². The van der Waals surface area contributed by atoms with Crippen LogP contribution >= 0.6 is 0 Å². The van der Waals surface area contributed by atoms with Crippen LogP contribution in [0.1, 0.15) is 45.4 Å². The van der Waals surface area contributed by atoms with Gasteiger partial charge in [-0.05, 0) is 37.8 Å². The molecular weight excluding hydrogens is 290 g/mol. The second kappa shape index (κ2) is 8.09. The number of rotatable bonds is 3. The number of carbonyl (C=O) groups is 1. The van der Waals surface area contributed by atoms with Gasteiger partial charge in [-0.2, -0.15) is 10.2 Å². The number of hydrogen-bond donors (Lipinski definition) is 0. The smallest absolute Gasteiger partial charge is 0.409 e. The van der Waals surface area contributed by atoms with E-state index >= 15 is 0 Å². The molecule has 5 nitrogen and oxygen atoms in total. The van der Waals surface area contributed by atoms with E-state index in [-0.39, 0.29) is 18.1 Å². The molecule has 2 aliphatic rings. The lowest BCUT2D eigenvalue weighted by molar-refractivity contribution is 0.0945. The molecule has 0 aromatic rings. The lowest BCUT2D eigenvalue weighted by Crippen LogP contribution is -2.29. The van der Waals surface area contributed by atoms with Crippen LogP contribution in [-0.2, 0) is 4.74 Å². The molecule has 0 N–H and O–H groups in total. The first-order valence-electron chi connectivity index (χ1n) is 8.39. The van der Waals surface area contributed by atoms with Gasteiger partial charge in [0.15, 0.2) is 0 Å². The summed E-state index contributed by atoms with van der Waals surface area (Å²) in [6, 6.07) is 0. The van der Waals surface area contributed by atoms with Gasteiger partial charge in [-0.3, -0.25) is 0 Å². The fraction of sp³-hybridized carbons (Fsp3) is 0.611. The van der Waals surface area contributed by atoms with E-state index in [1.54, 1.807) is 20.2 Å². The van der Waals surface area contributed by atoms with Gasteiger partial charge in [0.25, 0.3) is 0 Å². The highest BCUT2D eigenvalue weighted by atomic mass is 16.6. The Morgan fingerprint density at radius 1 is 1.30 bits per heavy atom. The maximum absolute atomic E-state index is 11.8. The second-order valence-corrected chi connectivity index (χ2v) is 6.36. The maximum Gasteiger partial charge on any atom is 0.409 e. The average molecular weight is 317 g/mol. The van der Waals surface area contributed by atoms with Crippen LogP contribution in [0.3, 0.4) is 0 Å². The molecule has 126 valence electrons. The fourth-order valence-corrected chi connectivity index (χ4v) is 3.17. The van der Waals surface area contributed by atoms with Crippen molar-refractivity contribution in [3.05, 3.63) is 35.7 Å².